The van der Waals surface area contributed by atoms with Crippen molar-refractivity contribution < 1.29 is 4.39 Å². The van der Waals surface area contributed by atoms with Gasteiger partial charge < -0.3 is 5.32 Å². The third kappa shape index (κ3) is 2.13. The lowest BCUT2D eigenvalue weighted by Crippen LogP contribution is -1.93. The summed E-state index contributed by atoms with van der Waals surface area (Å²) in [5, 5.41) is 3.19. The van der Waals surface area contributed by atoms with E-state index in [0.29, 0.717) is 0 Å². The van der Waals surface area contributed by atoms with E-state index in [-0.39, 0.29) is 0 Å². The maximum absolute atomic E-state index is 12.9. The highest BCUT2D eigenvalue weighted by molar-refractivity contribution is 5.61. The van der Waals surface area contributed by atoms with Crippen molar-refractivity contribution in [2.75, 3.05) is 5.32 Å². The molecule has 0 fully saturated rings. The molecule has 1 aliphatic rings. The zero-order chi connectivity index (χ0) is 11.7. The molecule has 1 N–H and O–H groups in total. The number of hydrogen-bond donors (Lipinski definition) is 1. The Morgan fingerprint density at radius 1 is 1.00 bits per heavy atom. The second-order valence-corrected chi connectivity index (χ2v) is 4.33. The zero-order valence-electron chi connectivity index (χ0n) is 9.41. The van der Waals surface area contributed by atoms with E-state index in [9.17, 15) is 4.39 Å². The summed E-state index contributed by atoms with van der Waals surface area (Å²) in [6.07, 6.45) is 5.03. The number of hydrogen-bond acceptors (Lipinski definition) is 2. The summed E-state index contributed by atoms with van der Waals surface area (Å²) in [6.45, 7) is 0. The number of rotatable bonds is 2. The lowest BCUT2D eigenvalue weighted by Gasteiger charge is -2.08. The van der Waals surface area contributed by atoms with Crippen LogP contribution in [0.2, 0.25) is 0 Å². The third-order valence-electron chi connectivity index (χ3n) is 3.11. The molecule has 2 nitrogen and oxygen atoms in total. The first kappa shape index (κ1) is 10.3. The standard InChI is InChI=1S/C14H13FN2/c15-14-9-13(6-7-16-14)17-12-5-4-10-2-1-3-11(10)8-12/h4-9H,1-3H2,(H,16,17). The van der Waals surface area contributed by atoms with E-state index in [2.05, 4.69) is 22.4 Å². The van der Waals surface area contributed by atoms with Crippen molar-refractivity contribution in [1.82, 2.24) is 4.98 Å². The van der Waals surface area contributed by atoms with Gasteiger partial charge in [0.15, 0.2) is 0 Å². The summed E-state index contributed by atoms with van der Waals surface area (Å²) in [5.74, 6) is -0.462. The molecule has 0 saturated carbocycles. The topological polar surface area (TPSA) is 24.9 Å². The van der Waals surface area contributed by atoms with Crippen LogP contribution in [0.25, 0.3) is 0 Å². The number of halogens is 1. The van der Waals surface area contributed by atoms with Crippen LogP contribution in [-0.4, -0.2) is 4.98 Å². The highest BCUT2D eigenvalue weighted by Crippen LogP contribution is 2.26. The van der Waals surface area contributed by atoms with Crippen LogP contribution < -0.4 is 5.32 Å². The van der Waals surface area contributed by atoms with Gasteiger partial charge in [0.1, 0.15) is 0 Å². The molecule has 0 aliphatic heterocycles. The van der Waals surface area contributed by atoms with Gasteiger partial charge in [-0.15, -0.1) is 0 Å². The van der Waals surface area contributed by atoms with Gasteiger partial charge in [-0.2, -0.15) is 4.39 Å². The maximum Gasteiger partial charge on any atom is 0.214 e. The summed E-state index contributed by atoms with van der Waals surface area (Å²) < 4.78 is 12.9. The Labute approximate surface area is 99.5 Å². The minimum absolute atomic E-state index is 0.462. The number of anilines is 2. The fraction of sp³-hybridized carbons (Fsp3) is 0.214. The van der Waals surface area contributed by atoms with Crippen molar-refractivity contribution in [1.29, 1.82) is 0 Å². The van der Waals surface area contributed by atoms with Crippen molar-refractivity contribution in [3.63, 3.8) is 0 Å². The van der Waals surface area contributed by atoms with Gasteiger partial charge in [-0.3, -0.25) is 0 Å². The Kier molecular flexibility index (Phi) is 2.52. The molecule has 0 radical (unpaired) electrons. The molecule has 17 heavy (non-hydrogen) atoms. The monoisotopic (exact) mass is 228 g/mol. The molecule has 0 saturated heterocycles. The summed E-state index contributed by atoms with van der Waals surface area (Å²) in [5.41, 5.74) is 4.59. The van der Waals surface area contributed by atoms with E-state index >= 15 is 0 Å². The molecule has 86 valence electrons. The van der Waals surface area contributed by atoms with Gasteiger partial charge in [0, 0.05) is 23.6 Å². The third-order valence-corrected chi connectivity index (χ3v) is 3.11. The molecule has 3 rings (SSSR count). The molecule has 0 bridgehead atoms. The molecular formula is C14H13FN2. The summed E-state index contributed by atoms with van der Waals surface area (Å²) in [7, 11) is 0. The Bertz CT molecular complexity index is 552. The van der Waals surface area contributed by atoms with E-state index in [1.165, 1.54) is 36.2 Å². The van der Waals surface area contributed by atoms with Crippen LogP contribution in [-0.2, 0) is 12.8 Å². The number of aromatic nitrogens is 1. The van der Waals surface area contributed by atoms with E-state index < -0.39 is 5.95 Å². The van der Waals surface area contributed by atoms with Crippen LogP contribution in [0.3, 0.4) is 0 Å². The van der Waals surface area contributed by atoms with Crippen molar-refractivity contribution in [3.05, 3.63) is 53.6 Å². The van der Waals surface area contributed by atoms with Gasteiger partial charge in [0.05, 0.1) is 0 Å². The van der Waals surface area contributed by atoms with Crippen LogP contribution in [0.1, 0.15) is 17.5 Å². The first-order valence-corrected chi connectivity index (χ1v) is 5.82. The molecule has 1 aromatic carbocycles. The highest BCUT2D eigenvalue weighted by Gasteiger charge is 2.10. The van der Waals surface area contributed by atoms with Crippen molar-refractivity contribution >= 4 is 11.4 Å². The zero-order valence-corrected chi connectivity index (χ0v) is 9.41. The average Bonchev–Trinajstić information content (AvgIpc) is 2.76. The van der Waals surface area contributed by atoms with E-state index in [1.54, 1.807) is 6.07 Å². The van der Waals surface area contributed by atoms with Crippen LogP contribution in [0.5, 0.6) is 0 Å². The summed E-state index contributed by atoms with van der Waals surface area (Å²) >= 11 is 0. The lowest BCUT2D eigenvalue weighted by atomic mass is 10.1. The van der Waals surface area contributed by atoms with E-state index in [0.717, 1.165) is 17.8 Å². The molecule has 0 amide bonds. The number of fused-ring (bicyclic) bond motifs is 1. The minimum Gasteiger partial charge on any atom is -0.355 e. The predicted octanol–water partition coefficient (Wildman–Crippen LogP) is 3.45. The molecule has 1 aliphatic carbocycles. The van der Waals surface area contributed by atoms with Crippen LogP contribution in [0.15, 0.2) is 36.5 Å². The van der Waals surface area contributed by atoms with Gasteiger partial charge in [0.2, 0.25) is 5.95 Å². The van der Waals surface area contributed by atoms with Crippen molar-refractivity contribution in [2.24, 2.45) is 0 Å². The molecule has 3 heteroatoms. The number of pyridine rings is 1. The van der Waals surface area contributed by atoms with Gasteiger partial charge in [-0.25, -0.2) is 4.98 Å². The SMILES string of the molecule is Fc1cc(Nc2ccc3c(c2)CCC3)ccn1. The summed E-state index contributed by atoms with van der Waals surface area (Å²) in [4.78, 5) is 3.53. The quantitative estimate of drug-likeness (QED) is 0.796. The van der Waals surface area contributed by atoms with Crippen LogP contribution in [0, 0.1) is 5.95 Å². The van der Waals surface area contributed by atoms with Crippen molar-refractivity contribution in [2.45, 2.75) is 19.3 Å². The molecule has 1 heterocycles. The predicted molar refractivity (Wildman–Crippen MR) is 65.9 cm³/mol. The molecule has 0 unspecified atom stereocenters. The maximum atomic E-state index is 12.9. The lowest BCUT2D eigenvalue weighted by molar-refractivity contribution is 0.584. The van der Waals surface area contributed by atoms with E-state index in [4.69, 9.17) is 0 Å². The van der Waals surface area contributed by atoms with Crippen molar-refractivity contribution in [3.8, 4) is 0 Å². The number of benzene rings is 1. The Hall–Kier alpha value is -1.90. The molecule has 0 atom stereocenters. The van der Waals surface area contributed by atoms with Crippen LogP contribution >= 0.6 is 0 Å². The molecule has 0 spiro atoms. The molecule has 1 aromatic heterocycles. The first-order chi connectivity index (χ1) is 8.31. The minimum atomic E-state index is -0.462. The largest absolute Gasteiger partial charge is 0.355 e. The van der Waals surface area contributed by atoms with Gasteiger partial charge in [-0.05, 0) is 48.6 Å². The highest BCUT2D eigenvalue weighted by atomic mass is 19.1. The molecule has 2 aromatic rings. The Morgan fingerprint density at radius 3 is 2.71 bits per heavy atom. The number of aryl methyl sites for hydroxylation is 2. The second kappa shape index (κ2) is 4.17. The smallest absolute Gasteiger partial charge is 0.214 e. The van der Waals surface area contributed by atoms with E-state index in [1.807, 2.05) is 6.07 Å². The summed E-state index contributed by atoms with van der Waals surface area (Å²) in [6, 6.07) is 9.51. The molecular weight excluding hydrogens is 215 g/mol. The average molecular weight is 228 g/mol. The second-order valence-electron chi connectivity index (χ2n) is 4.33. The Morgan fingerprint density at radius 2 is 1.82 bits per heavy atom. The normalized spacial score (nSPS) is 13.5. The fourth-order valence-electron chi connectivity index (χ4n) is 2.30. The van der Waals surface area contributed by atoms with Gasteiger partial charge in [0.25, 0.3) is 0 Å². The fourth-order valence-corrected chi connectivity index (χ4v) is 2.30. The number of nitrogens with zero attached hydrogens (tertiary/aromatic N) is 1. The Balaban J connectivity index is 1.86. The van der Waals surface area contributed by atoms with Crippen LogP contribution in [0.4, 0.5) is 15.8 Å². The van der Waals surface area contributed by atoms with Gasteiger partial charge >= 0.3 is 0 Å². The van der Waals surface area contributed by atoms with Gasteiger partial charge in [-0.1, -0.05) is 6.07 Å². The first-order valence-electron chi connectivity index (χ1n) is 5.82. The number of nitrogens with one attached hydrogen (secondary N) is 1.